The summed E-state index contributed by atoms with van der Waals surface area (Å²) in [6, 6.07) is 9.66. The van der Waals surface area contributed by atoms with Crippen LogP contribution in [0.4, 0.5) is 11.4 Å². The van der Waals surface area contributed by atoms with Gasteiger partial charge in [-0.1, -0.05) is 6.07 Å². The van der Waals surface area contributed by atoms with Crippen molar-refractivity contribution < 1.29 is 14.3 Å². The lowest BCUT2D eigenvalue weighted by molar-refractivity contribution is -0.137. The van der Waals surface area contributed by atoms with Crippen molar-refractivity contribution in [2.24, 2.45) is 5.41 Å². The molecule has 0 fully saturated rings. The summed E-state index contributed by atoms with van der Waals surface area (Å²) in [5.74, 6) is 0.259. The Morgan fingerprint density at radius 1 is 1.05 bits per heavy atom. The molecule has 1 aliphatic rings. The Labute approximate surface area is 218 Å². The second-order valence-electron chi connectivity index (χ2n) is 9.86. The molecule has 9 heteroatoms. The van der Waals surface area contributed by atoms with Crippen LogP contribution in [0.5, 0.6) is 5.75 Å². The van der Waals surface area contributed by atoms with Gasteiger partial charge in [0.15, 0.2) is 0 Å². The zero-order valence-electron chi connectivity index (χ0n) is 22.1. The highest BCUT2D eigenvalue weighted by atomic mass is 16.5. The standard InChI is InChI=1S/C28H36N6O3/c1-5-34-24-10-9-23(16-25(24)32(4)26(35)28(2,3)27(34)36)37-15-7-13-33(19-22-18-30-20-31-22)14-11-21-8-6-12-29-17-21/h6,8-10,12,16-18,20H,5,7,11,13-15,19H2,1-4H3,(H,30,31). The van der Waals surface area contributed by atoms with E-state index < -0.39 is 5.41 Å². The molecule has 4 rings (SSSR count). The van der Waals surface area contributed by atoms with E-state index in [1.54, 1.807) is 43.2 Å². The second kappa shape index (κ2) is 11.6. The first-order valence-corrected chi connectivity index (χ1v) is 12.8. The molecule has 0 spiro atoms. The largest absolute Gasteiger partial charge is 0.493 e. The number of aromatic amines is 1. The quantitative estimate of drug-likeness (QED) is 0.316. The van der Waals surface area contributed by atoms with Crippen LogP contribution in [0.2, 0.25) is 0 Å². The number of amides is 2. The molecule has 0 saturated heterocycles. The van der Waals surface area contributed by atoms with Crippen LogP contribution >= 0.6 is 0 Å². The molecule has 1 N–H and O–H groups in total. The summed E-state index contributed by atoms with van der Waals surface area (Å²) in [6.45, 7) is 8.84. The zero-order chi connectivity index (χ0) is 26.4. The van der Waals surface area contributed by atoms with E-state index in [2.05, 4.69) is 25.9 Å². The Morgan fingerprint density at radius 2 is 1.89 bits per heavy atom. The van der Waals surface area contributed by atoms with Gasteiger partial charge in [0.2, 0.25) is 11.8 Å². The first kappa shape index (κ1) is 26.3. The van der Waals surface area contributed by atoms with Gasteiger partial charge in [0.05, 0.1) is 24.3 Å². The summed E-state index contributed by atoms with van der Waals surface area (Å²) >= 11 is 0. The number of nitrogens with one attached hydrogen (secondary N) is 1. The van der Waals surface area contributed by atoms with Crippen molar-refractivity contribution in [3.63, 3.8) is 0 Å². The average Bonchev–Trinajstić information content (AvgIpc) is 3.41. The lowest BCUT2D eigenvalue weighted by Gasteiger charge is -2.27. The fourth-order valence-electron chi connectivity index (χ4n) is 4.66. The Bertz CT molecular complexity index is 1200. The SMILES string of the molecule is CCN1C(=O)C(C)(C)C(=O)N(C)c2cc(OCCCN(CCc3cccnc3)Cc3cnc[nH]3)ccc21. The van der Waals surface area contributed by atoms with Gasteiger partial charge in [-0.3, -0.25) is 19.5 Å². The number of ether oxygens (including phenoxy) is 1. The van der Waals surface area contributed by atoms with E-state index in [9.17, 15) is 9.59 Å². The number of benzene rings is 1. The predicted octanol–water partition coefficient (Wildman–Crippen LogP) is 3.67. The second-order valence-corrected chi connectivity index (χ2v) is 9.86. The smallest absolute Gasteiger partial charge is 0.242 e. The van der Waals surface area contributed by atoms with Crippen LogP contribution in [0.1, 0.15) is 38.4 Å². The molecule has 9 nitrogen and oxygen atoms in total. The fraction of sp³-hybridized carbons (Fsp3) is 0.429. The minimum Gasteiger partial charge on any atom is -0.493 e. The summed E-state index contributed by atoms with van der Waals surface area (Å²) in [5.41, 5.74) is 2.56. The van der Waals surface area contributed by atoms with E-state index in [0.29, 0.717) is 24.6 Å². The lowest BCUT2D eigenvalue weighted by atomic mass is 9.90. The summed E-state index contributed by atoms with van der Waals surface area (Å²) < 4.78 is 6.09. The van der Waals surface area contributed by atoms with Crippen molar-refractivity contribution in [3.05, 3.63) is 66.5 Å². The number of carbonyl (C=O) groups excluding carboxylic acids is 2. The molecule has 2 amide bonds. The third kappa shape index (κ3) is 5.99. The van der Waals surface area contributed by atoms with Crippen molar-refractivity contribution in [2.75, 3.05) is 43.1 Å². The van der Waals surface area contributed by atoms with Crippen LogP contribution < -0.4 is 14.5 Å². The van der Waals surface area contributed by atoms with Gasteiger partial charge in [0.1, 0.15) is 11.2 Å². The van der Waals surface area contributed by atoms with E-state index in [0.717, 1.165) is 43.9 Å². The lowest BCUT2D eigenvalue weighted by Crippen LogP contribution is -2.47. The molecule has 0 aliphatic carbocycles. The molecular weight excluding hydrogens is 468 g/mol. The maximum absolute atomic E-state index is 13.1. The van der Waals surface area contributed by atoms with Gasteiger partial charge >= 0.3 is 0 Å². The molecule has 37 heavy (non-hydrogen) atoms. The number of hydrogen-bond acceptors (Lipinski definition) is 6. The molecule has 0 saturated carbocycles. The third-order valence-corrected chi connectivity index (χ3v) is 6.81. The van der Waals surface area contributed by atoms with E-state index in [1.165, 1.54) is 5.56 Å². The van der Waals surface area contributed by atoms with Crippen LogP contribution in [0.3, 0.4) is 0 Å². The van der Waals surface area contributed by atoms with E-state index in [4.69, 9.17) is 4.74 Å². The Morgan fingerprint density at radius 3 is 2.59 bits per heavy atom. The normalized spacial score (nSPS) is 15.2. The highest BCUT2D eigenvalue weighted by Gasteiger charge is 2.45. The first-order valence-electron chi connectivity index (χ1n) is 12.8. The van der Waals surface area contributed by atoms with Crippen molar-refractivity contribution >= 4 is 23.2 Å². The summed E-state index contributed by atoms with van der Waals surface area (Å²) in [6.07, 6.45) is 9.00. The molecule has 0 bridgehead atoms. The Balaban J connectivity index is 1.39. The van der Waals surface area contributed by atoms with Gasteiger partial charge in [-0.05, 0) is 57.4 Å². The number of hydrogen-bond donors (Lipinski definition) is 1. The molecule has 1 aliphatic heterocycles. The van der Waals surface area contributed by atoms with Gasteiger partial charge in [0.25, 0.3) is 0 Å². The van der Waals surface area contributed by atoms with E-state index in [1.807, 2.05) is 43.6 Å². The molecule has 3 aromatic rings. The fourth-order valence-corrected chi connectivity index (χ4v) is 4.66. The summed E-state index contributed by atoms with van der Waals surface area (Å²) in [4.78, 5) is 43.3. The first-order chi connectivity index (χ1) is 17.8. The monoisotopic (exact) mass is 504 g/mol. The third-order valence-electron chi connectivity index (χ3n) is 6.81. The van der Waals surface area contributed by atoms with Crippen LogP contribution in [-0.2, 0) is 22.6 Å². The van der Waals surface area contributed by atoms with Crippen LogP contribution in [0, 0.1) is 5.41 Å². The Hall–Kier alpha value is -3.72. The maximum atomic E-state index is 13.1. The van der Waals surface area contributed by atoms with Gasteiger partial charge in [0, 0.05) is 63.6 Å². The van der Waals surface area contributed by atoms with Crippen molar-refractivity contribution in [1.29, 1.82) is 0 Å². The minimum atomic E-state index is -1.13. The number of anilines is 2. The number of aromatic nitrogens is 3. The van der Waals surface area contributed by atoms with Crippen LogP contribution in [0.15, 0.2) is 55.2 Å². The minimum absolute atomic E-state index is 0.192. The van der Waals surface area contributed by atoms with Gasteiger partial charge < -0.3 is 19.5 Å². The summed E-state index contributed by atoms with van der Waals surface area (Å²) in [7, 11) is 1.72. The maximum Gasteiger partial charge on any atom is 0.242 e. The highest BCUT2D eigenvalue weighted by molar-refractivity contribution is 6.20. The van der Waals surface area contributed by atoms with Gasteiger partial charge in [-0.25, -0.2) is 4.98 Å². The summed E-state index contributed by atoms with van der Waals surface area (Å²) in [5, 5.41) is 0. The van der Waals surface area contributed by atoms with Gasteiger partial charge in [-0.2, -0.15) is 0 Å². The predicted molar refractivity (Wildman–Crippen MR) is 144 cm³/mol. The number of fused-ring (bicyclic) bond motifs is 1. The number of pyridine rings is 1. The number of imidazole rings is 1. The van der Waals surface area contributed by atoms with Crippen LogP contribution in [-0.4, -0.2) is 65.0 Å². The number of rotatable bonds is 11. The Kier molecular flexibility index (Phi) is 8.23. The molecular formula is C28H36N6O3. The topological polar surface area (TPSA) is 94.7 Å². The van der Waals surface area contributed by atoms with E-state index >= 15 is 0 Å². The number of carbonyl (C=O) groups is 2. The average molecular weight is 505 g/mol. The van der Waals surface area contributed by atoms with Crippen molar-refractivity contribution in [1.82, 2.24) is 19.9 Å². The molecule has 3 heterocycles. The van der Waals surface area contributed by atoms with Crippen molar-refractivity contribution in [2.45, 2.75) is 40.2 Å². The molecule has 0 atom stereocenters. The van der Waals surface area contributed by atoms with Crippen molar-refractivity contribution in [3.8, 4) is 5.75 Å². The number of H-pyrrole nitrogens is 1. The van der Waals surface area contributed by atoms with Gasteiger partial charge in [-0.15, -0.1) is 0 Å². The zero-order valence-corrected chi connectivity index (χ0v) is 22.1. The van der Waals surface area contributed by atoms with Crippen LogP contribution in [0.25, 0.3) is 0 Å². The molecule has 2 aromatic heterocycles. The molecule has 196 valence electrons. The molecule has 1 aromatic carbocycles. The highest BCUT2D eigenvalue weighted by Crippen LogP contribution is 2.40. The molecule has 0 radical (unpaired) electrons. The number of nitrogens with zero attached hydrogens (tertiary/aromatic N) is 5. The molecule has 0 unspecified atom stereocenters. The van der Waals surface area contributed by atoms with E-state index in [-0.39, 0.29) is 11.8 Å².